The second-order valence-electron chi connectivity index (χ2n) is 6.31. The van der Waals surface area contributed by atoms with Crippen LogP contribution < -0.4 is 0 Å². The molecule has 0 aromatic rings. The zero-order valence-corrected chi connectivity index (χ0v) is 10.8. The minimum absolute atomic E-state index is 0.415. The molecule has 0 saturated heterocycles. The number of fused-ring (bicyclic) bond motifs is 1. The zero-order chi connectivity index (χ0) is 11.7. The van der Waals surface area contributed by atoms with Gasteiger partial charge in [0.25, 0.3) is 0 Å². The van der Waals surface area contributed by atoms with E-state index in [-0.39, 0.29) is 0 Å². The molecular formula is C16H24O. The standard InChI is InChI=1S/C16H24O/c17-16-14(10-12-6-2-1-3-7-12)11-13-8-4-5-9-15(13)16/h10,12-13,15H,1-9,11H2/b14-10-. The quantitative estimate of drug-likeness (QED) is 0.617. The number of Topliss-reactive ketones (excluding diaryl/α,β-unsaturated/α-hetero) is 1. The maximum absolute atomic E-state index is 12.3. The number of rotatable bonds is 1. The van der Waals surface area contributed by atoms with Crippen LogP contribution in [0.4, 0.5) is 0 Å². The van der Waals surface area contributed by atoms with Crippen molar-refractivity contribution in [3.05, 3.63) is 11.6 Å². The summed E-state index contributed by atoms with van der Waals surface area (Å²) in [5.74, 6) is 2.38. The SMILES string of the molecule is O=C1/C(=C\C2CCCCC2)CC2CCCCC12. The fraction of sp³-hybridized carbons (Fsp3) is 0.812. The van der Waals surface area contributed by atoms with E-state index in [0.29, 0.717) is 17.6 Å². The van der Waals surface area contributed by atoms with Gasteiger partial charge in [-0.25, -0.2) is 0 Å². The Labute approximate surface area is 105 Å². The van der Waals surface area contributed by atoms with Gasteiger partial charge in [0.05, 0.1) is 0 Å². The molecule has 0 N–H and O–H groups in total. The van der Waals surface area contributed by atoms with Crippen LogP contribution in [0.25, 0.3) is 0 Å². The molecule has 3 saturated carbocycles. The number of hydrogen-bond acceptors (Lipinski definition) is 1. The molecule has 0 amide bonds. The lowest BCUT2D eigenvalue weighted by Crippen LogP contribution is -2.18. The highest BCUT2D eigenvalue weighted by Gasteiger charge is 2.39. The first kappa shape index (κ1) is 11.5. The Balaban J connectivity index is 1.70. The highest BCUT2D eigenvalue weighted by Crippen LogP contribution is 2.43. The molecule has 2 atom stereocenters. The predicted molar refractivity (Wildman–Crippen MR) is 69.7 cm³/mol. The molecule has 0 spiro atoms. The predicted octanol–water partition coefficient (Wildman–Crippen LogP) is 4.27. The Bertz CT molecular complexity index is 322. The largest absolute Gasteiger partial charge is 0.294 e. The molecule has 0 radical (unpaired) electrons. The molecule has 3 rings (SSSR count). The molecule has 2 unspecified atom stereocenters. The molecule has 0 heterocycles. The van der Waals surface area contributed by atoms with Crippen molar-refractivity contribution in [1.82, 2.24) is 0 Å². The molecule has 0 aromatic heterocycles. The molecule has 0 bridgehead atoms. The van der Waals surface area contributed by atoms with Gasteiger partial charge in [0.1, 0.15) is 0 Å². The van der Waals surface area contributed by atoms with Gasteiger partial charge in [0.2, 0.25) is 0 Å². The molecule has 3 aliphatic carbocycles. The number of allylic oxidation sites excluding steroid dienone is 2. The molecule has 94 valence electrons. The number of hydrogen-bond donors (Lipinski definition) is 0. The van der Waals surface area contributed by atoms with E-state index in [1.807, 2.05) is 0 Å². The van der Waals surface area contributed by atoms with Crippen molar-refractivity contribution in [2.45, 2.75) is 64.2 Å². The smallest absolute Gasteiger partial charge is 0.161 e. The summed E-state index contributed by atoms with van der Waals surface area (Å²) in [4.78, 5) is 12.3. The van der Waals surface area contributed by atoms with Crippen LogP contribution in [-0.2, 0) is 4.79 Å². The summed E-state index contributed by atoms with van der Waals surface area (Å²) < 4.78 is 0. The zero-order valence-electron chi connectivity index (χ0n) is 10.8. The fourth-order valence-electron chi connectivity index (χ4n) is 4.15. The van der Waals surface area contributed by atoms with Crippen LogP contribution in [0.2, 0.25) is 0 Å². The van der Waals surface area contributed by atoms with Crippen LogP contribution in [-0.4, -0.2) is 5.78 Å². The Morgan fingerprint density at radius 3 is 2.35 bits per heavy atom. The Morgan fingerprint density at radius 1 is 0.882 bits per heavy atom. The maximum Gasteiger partial charge on any atom is 0.161 e. The lowest BCUT2D eigenvalue weighted by Gasteiger charge is -2.22. The molecule has 0 aliphatic heterocycles. The maximum atomic E-state index is 12.3. The van der Waals surface area contributed by atoms with Crippen LogP contribution in [0, 0.1) is 17.8 Å². The summed E-state index contributed by atoms with van der Waals surface area (Å²) in [6, 6.07) is 0. The van der Waals surface area contributed by atoms with Crippen molar-refractivity contribution >= 4 is 5.78 Å². The van der Waals surface area contributed by atoms with Gasteiger partial charge >= 0.3 is 0 Å². The second kappa shape index (κ2) is 4.96. The summed E-state index contributed by atoms with van der Waals surface area (Å²) in [6.07, 6.45) is 15.4. The minimum Gasteiger partial charge on any atom is -0.294 e. The van der Waals surface area contributed by atoms with E-state index >= 15 is 0 Å². The normalized spacial score (nSPS) is 37.4. The Morgan fingerprint density at radius 2 is 1.59 bits per heavy atom. The fourth-order valence-corrected chi connectivity index (χ4v) is 4.15. The van der Waals surface area contributed by atoms with E-state index in [1.165, 1.54) is 63.4 Å². The molecule has 17 heavy (non-hydrogen) atoms. The molecule has 1 nitrogen and oxygen atoms in total. The molecule has 3 aliphatic rings. The second-order valence-corrected chi connectivity index (χ2v) is 6.31. The Kier molecular flexibility index (Phi) is 3.35. The summed E-state index contributed by atoms with van der Waals surface area (Å²) in [5.41, 5.74) is 1.22. The van der Waals surface area contributed by atoms with E-state index in [1.54, 1.807) is 0 Å². The van der Waals surface area contributed by atoms with Crippen LogP contribution >= 0.6 is 0 Å². The lowest BCUT2D eigenvalue weighted by atomic mass is 9.81. The van der Waals surface area contributed by atoms with Crippen molar-refractivity contribution in [2.75, 3.05) is 0 Å². The van der Waals surface area contributed by atoms with Crippen molar-refractivity contribution < 1.29 is 4.79 Å². The monoisotopic (exact) mass is 232 g/mol. The van der Waals surface area contributed by atoms with Gasteiger partial charge < -0.3 is 0 Å². The molecule has 1 heteroatoms. The van der Waals surface area contributed by atoms with Gasteiger partial charge in [-0.15, -0.1) is 0 Å². The third-order valence-corrected chi connectivity index (χ3v) is 5.13. The summed E-state index contributed by atoms with van der Waals surface area (Å²) in [6.45, 7) is 0. The molecule has 0 aromatic carbocycles. The summed E-state index contributed by atoms with van der Waals surface area (Å²) in [5, 5.41) is 0. The molecular weight excluding hydrogens is 208 g/mol. The topological polar surface area (TPSA) is 17.1 Å². The van der Waals surface area contributed by atoms with Crippen molar-refractivity contribution in [2.24, 2.45) is 17.8 Å². The third kappa shape index (κ3) is 2.34. The number of carbonyl (C=O) groups is 1. The third-order valence-electron chi connectivity index (χ3n) is 5.13. The van der Waals surface area contributed by atoms with Crippen molar-refractivity contribution in [1.29, 1.82) is 0 Å². The van der Waals surface area contributed by atoms with Gasteiger partial charge in [-0.05, 0) is 49.5 Å². The van der Waals surface area contributed by atoms with E-state index in [2.05, 4.69) is 6.08 Å². The Hall–Kier alpha value is -0.590. The van der Waals surface area contributed by atoms with Crippen molar-refractivity contribution in [3.63, 3.8) is 0 Å². The highest BCUT2D eigenvalue weighted by atomic mass is 16.1. The van der Waals surface area contributed by atoms with Gasteiger partial charge in [0, 0.05) is 5.92 Å². The number of carbonyl (C=O) groups excluding carboxylic acids is 1. The first-order chi connectivity index (χ1) is 8.34. The van der Waals surface area contributed by atoms with Gasteiger partial charge in [0.15, 0.2) is 5.78 Å². The minimum atomic E-state index is 0.415. The van der Waals surface area contributed by atoms with E-state index in [4.69, 9.17) is 0 Å². The summed E-state index contributed by atoms with van der Waals surface area (Å²) in [7, 11) is 0. The van der Waals surface area contributed by atoms with Crippen LogP contribution in [0.5, 0.6) is 0 Å². The van der Waals surface area contributed by atoms with Crippen molar-refractivity contribution in [3.8, 4) is 0 Å². The average Bonchev–Trinajstić information content (AvgIpc) is 2.68. The van der Waals surface area contributed by atoms with Gasteiger partial charge in [-0.3, -0.25) is 4.79 Å². The van der Waals surface area contributed by atoms with E-state index in [9.17, 15) is 4.79 Å². The van der Waals surface area contributed by atoms with Crippen LogP contribution in [0.1, 0.15) is 64.2 Å². The lowest BCUT2D eigenvalue weighted by molar-refractivity contribution is -0.119. The molecule has 3 fully saturated rings. The van der Waals surface area contributed by atoms with Crippen LogP contribution in [0.15, 0.2) is 11.6 Å². The summed E-state index contributed by atoms with van der Waals surface area (Å²) >= 11 is 0. The van der Waals surface area contributed by atoms with Gasteiger partial charge in [-0.2, -0.15) is 0 Å². The van der Waals surface area contributed by atoms with Crippen LogP contribution in [0.3, 0.4) is 0 Å². The average molecular weight is 232 g/mol. The highest BCUT2D eigenvalue weighted by molar-refractivity contribution is 5.99. The first-order valence-corrected chi connectivity index (χ1v) is 7.59. The van der Waals surface area contributed by atoms with Gasteiger partial charge in [-0.1, -0.05) is 38.2 Å². The van der Waals surface area contributed by atoms with E-state index in [0.717, 1.165) is 12.3 Å². The first-order valence-electron chi connectivity index (χ1n) is 7.59. The number of ketones is 1. The van der Waals surface area contributed by atoms with E-state index < -0.39 is 0 Å².